The molecule has 0 radical (unpaired) electrons. The predicted molar refractivity (Wildman–Crippen MR) is 87.3 cm³/mol. The zero-order valence-electron chi connectivity index (χ0n) is 12.4. The second kappa shape index (κ2) is 6.15. The second-order valence-electron chi connectivity index (χ2n) is 5.01. The summed E-state index contributed by atoms with van der Waals surface area (Å²) >= 11 is 1.62. The van der Waals surface area contributed by atoms with Gasteiger partial charge >= 0.3 is 0 Å². The Labute approximate surface area is 133 Å². The molecule has 1 aromatic carbocycles. The number of para-hydroxylation sites is 1. The fraction of sp³-hybridized carbons (Fsp3) is 0.176. The summed E-state index contributed by atoms with van der Waals surface area (Å²) in [6.45, 7) is 4.04. The van der Waals surface area contributed by atoms with Crippen LogP contribution in [0.15, 0.2) is 51.6 Å². The van der Waals surface area contributed by atoms with Gasteiger partial charge in [-0.25, -0.2) is 4.98 Å². The van der Waals surface area contributed by atoms with Crippen molar-refractivity contribution in [3.05, 3.63) is 70.1 Å². The molecule has 2 aromatic heterocycles. The molecule has 0 spiro atoms. The number of amides is 1. The molecule has 0 unspecified atom stereocenters. The Morgan fingerprint density at radius 2 is 2.00 bits per heavy atom. The zero-order chi connectivity index (χ0) is 15.5. The molecule has 3 rings (SSSR count). The molecular weight excluding hydrogens is 296 g/mol. The first-order valence-electron chi connectivity index (χ1n) is 6.97. The maximum Gasteiger partial charge on any atom is 0.296 e. The first-order chi connectivity index (χ1) is 10.6. The first kappa shape index (κ1) is 14.5. The quantitative estimate of drug-likeness (QED) is 0.725. The van der Waals surface area contributed by atoms with Crippen molar-refractivity contribution in [2.75, 3.05) is 4.90 Å². The maximum absolute atomic E-state index is 12.9. The fourth-order valence-electron chi connectivity index (χ4n) is 2.31. The van der Waals surface area contributed by atoms with Gasteiger partial charge in [-0.3, -0.25) is 4.79 Å². The standard InChI is InChI=1S/C17H16N2O2S/c1-12-16(21-13(2)18-12)17(20)19(10-14-8-9-22-11-14)15-6-4-3-5-7-15/h3-9,11H,10H2,1-2H3. The van der Waals surface area contributed by atoms with Gasteiger partial charge in [0.2, 0.25) is 5.76 Å². The van der Waals surface area contributed by atoms with E-state index in [2.05, 4.69) is 4.98 Å². The smallest absolute Gasteiger partial charge is 0.296 e. The molecule has 22 heavy (non-hydrogen) atoms. The third-order valence-corrected chi connectivity index (χ3v) is 4.06. The normalized spacial score (nSPS) is 10.6. The lowest BCUT2D eigenvalue weighted by atomic mass is 10.2. The van der Waals surface area contributed by atoms with Crippen LogP contribution >= 0.6 is 11.3 Å². The summed E-state index contributed by atoms with van der Waals surface area (Å²) < 4.78 is 5.50. The van der Waals surface area contributed by atoms with E-state index in [0.717, 1.165) is 11.3 Å². The molecule has 4 nitrogen and oxygen atoms in total. The van der Waals surface area contributed by atoms with E-state index >= 15 is 0 Å². The number of oxazole rings is 1. The SMILES string of the molecule is Cc1nc(C)c(C(=O)N(Cc2ccsc2)c2ccccc2)o1. The number of hydrogen-bond donors (Lipinski definition) is 0. The molecule has 0 N–H and O–H groups in total. The Morgan fingerprint density at radius 3 is 2.59 bits per heavy atom. The van der Waals surface area contributed by atoms with E-state index in [1.165, 1.54) is 0 Å². The molecule has 112 valence electrons. The van der Waals surface area contributed by atoms with E-state index in [-0.39, 0.29) is 5.91 Å². The topological polar surface area (TPSA) is 46.3 Å². The fourth-order valence-corrected chi connectivity index (χ4v) is 2.97. The summed E-state index contributed by atoms with van der Waals surface area (Å²) in [4.78, 5) is 18.8. The van der Waals surface area contributed by atoms with Crippen LogP contribution in [0, 0.1) is 13.8 Å². The number of rotatable bonds is 4. The van der Waals surface area contributed by atoms with E-state index in [1.54, 1.807) is 30.1 Å². The number of aromatic nitrogens is 1. The van der Waals surface area contributed by atoms with Crippen LogP contribution in [0.1, 0.15) is 27.7 Å². The molecular formula is C17H16N2O2S. The molecule has 0 aliphatic heterocycles. The van der Waals surface area contributed by atoms with Crippen molar-refractivity contribution in [2.24, 2.45) is 0 Å². The highest BCUT2D eigenvalue weighted by molar-refractivity contribution is 7.07. The van der Waals surface area contributed by atoms with Gasteiger partial charge in [-0.2, -0.15) is 11.3 Å². The monoisotopic (exact) mass is 312 g/mol. The van der Waals surface area contributed by atoms with Gasteiger partial charge in [-0.1, -0.05) is 18.2 Å². The van der Waals surface area contributed by atoms with Crippen molar-refractivity contribution in [1.29, 1.82) is 0 Å². The maximum atomic E-state index is 12.9. The summed E-state index contributed by atoms with van der Waals surface area (Å²) in [5.41, 5.74) is 2.55. The number of benzene rings is 1. The summed E-state index contributed by atoms with van der Waals surface area (Å²) in [7, 11) is 0. The summed E-state index contributed by atoms with van der Waals surface area (Å²) in [6, 6.07) is 11.6. The largest absolute Gasteiger partial charge is 0.436 e. The number of thiophene rings is 1. The molecule has 0 bridgehead atoms. The van der Waals surface area contributed by atoms with Crippen molar-refractivity contribution in [3.63, 3.8) is 0 Å². The van der Waals surface area contributed by atoms with E-state index in [9.17, 15) is 4.79 Å². The van der Waals surface area contributed by atoms with Crippen molar-refractivity contribution in [2.45, 2.75) is 20.4 Å². The number of carbonyl (C=O) groups excluding carboxylic acids is 1. The number of carbonyl (C=O) groups is 1. The molecule has 0 aliphatic rings. The number of nitrogens with zero attached hydrogens (tertiary/aromatic N) is 2. The Bertz CT molecular complexity index is 763. The predicted octanol–water partition coefficient (Wildman–Crippen LogP) is 4.20. The Morgan fingerprint density at radius 1 is 1.23 bits per heavy atom. The highest BCUT2D eigenvalue weighted by Gasteiger charge is 2.24. The minimum Gasteiger partial charge on any atom is -0.436 e. The summed E-state index contributed by atoms with van der Waals surface area (Å²) in [5, 5.41) is 4.05. The number of anilines is 1. The van der Waals surface area contributed by atoms with Crippen LogP contribution in [0.2, 0.25) is 0 Å². The highest BCUT2D eigenvalue weighted by atomic mass is 32.1. The molecule has 0 atom stereocenters. The van der Waals surface area contributed by atoms with Crippen LogP contribution in [0.4, 0.5) is 5.69 Å². The van der Waals surface area contributed by atoms with Gasteiger partial charge in [0.1, 0.15) is 0 Å². The van der Waals surface area contributed by atoms with Crippen molar-refractivity contribution >= 4 is 22.9 Å². The van der Waals surface area contributed by atoms with Gasteiger partial charge in [0.25, 0.3) is 5.91 Å². The molecule has 3 aromatic rings. The Kier molecular flexibility index (Phi) is 4.06. The molecule has 0 saturated carbocycles. The number of hydrogen-bond acceptors (Lipinski definition) is 4. The molecule has 0 fully saturated rings. The van der Waals surface area contributed by atoms with Crippen molar-refractivity contribution < 1.29 is 9.21 Å². The van der Waals surface area contributed by atoms with Crippen molar-refractivity contribution in [1.82, 2.24) is 4.98 Å². The van der Waals surface area contributed by atoms with Crippen LogP contribution in [0.25, 0.3) is 0 Å². The molecule has 5 heteroatoms. The van der Waals surface area contributed by atoms with E-state index in [4.69, 9.17) is 4.42 Å². The third kappa shape index (κ3) is 2.94. The van der Waals surface area contributed by atoms with Gasteiger partial charge in [-0.15, -0.1) is 0 Å². The van der Waals surface area contributed by atoms with Gasteiger partial charge in [0.05, 0.1) is 12.2 Å². The highest BCUT2D eigenvalue weighted by Crippen LogP contribution is 2.22. The van der Waals surface area contributed by atoms with E-state index in [0.29, 0.717) is 23.9 Å². The van der Waals surface area contributed by atoms with Gasteiger partial charge in [0.15, 0.2) is 5.89 Å². The Hall–Kier alpha value is -2.40. The van der Waals surface area contributed by atoms with Crippen molar-refractivity contribution in [3.8, 4) is 0 Å². The van der Waals surface area contributed by atoms with Crippen LogP contribution in [0.3, 0.4) is 0 Å². The summed E-state index contributed by atoms with van der Waals surface area (Å²) in [6.07, 6.45) is 0. The molecule has 2 heterocycles. The average Bonchev–Trinajstić information content (AvgIpc) is 3.14. The van der Waals surface area contributed by atoms with E-state index in [1.807, 2.05) is 47.2 Å². The van der Waals surface area contributed by atoms with Crippen LogP contribution < -0.4 is 4.90 Å². The molecule has 0 aliphatic carbocycles. The summed E-state index contributed by atoms with van der Waals surface area (Å²) in [5.74, 6) is 0.636. The third-order valence-electron chi connectivity index (χ3n) is 3.33. The first-order valence-corrected chi connectivity index (χ1v) is 7.91. The second-order valence-corrected chi connectivity index (χ2v) is 5.79. The molecule has 0 saturated heterocycles. The van der Waals surface area contributed by atoms with Crippen LogP contribution in [-0.2, 0) is 6.54 Å². The zero-order valence-corrected chi connectivity index (χ0v) is 13.3. The number of aryl methyl sites for hydroxylation is 2. The van der Waals surface area contributed by atoms with E-state index < -0.39 is 0 Å². The lowest BCUT2D eigenvalue weighted by Crippen LogP contribution is -2.30. The van der Waals surface area contributed by atoms with Gasteiger partial charge in [0, 0.05) is 12.6 Å². The van der Waals surface area contributed by atoms with Crippen LogP contribution in [-0.4, -0.2) is 10.9 Å². The average molecular weight is 312 g/mol. The van der Waals surface area contributed by atoms with Crippen LogP contribution in [0.5, 0.6) is 0 Å². The minimum atomic E-state index is -0.171. The Balaban J connectivity index is 1.97. The lowest BCUT2D eigenvalue weighted by molar-refractivity contribution is 0.0956. The van der Waals surface area contributed by atoms with Gasteiger partial charge < -0.3 is 9.32 Å². The van der Waals surface area contributed by atoms with Gasteiger partial charge in [-0.05, 0) is 41.4 Å². The molecule has 1 amide bonds. The minimum absolute atomic E-state index is 0.171. The lowest BCUT2D eigenvalue weighted by Gasteiger charge is -2.21.